The molecule has 69 heavy (non-hydrogen) atoms. The molecule has 0 aliphatic heterocycles. The minimum atomic E-state index is -4.91. The number of alkyl halides is 9. The summed E-state index contributed by atoms with van der Waals surface area (Å²) < 4.78 is 115. The van der Waals surface area contributed by atoms with E-state index in [1.165, 1.54) is 14.7 Å². The predicted octanol–water partition coefficient (Wildman–Crippen LogP) is 12.4. The number of benzene rings is 3. The minimum Gasteiger partial charge on any atom is -0.361 e. The lowest BCUT2D eigenvalue weighted by molar-refractivity contribution is -0.393. The highest BCUT2D eigenvalue weighted by Crippen LogP contribution is 2.46. The van der Waals surface area contributed by atoms with Gasteiger partial charge >= 0.3 is 18.5 Å². The normalized spacial score (nSPS) is 11.3. The Hall–Kier alpha value is -7.17. The highest BCUT2D eigenvalue weighted by molar-refractivity contribution is 5.78. The Bertz CT molecular complexity index is 1960. The number of rotatable bonds is 21. The maximum absolute atomic E-state index is 12.8. The predicted molar refractivity (Wildman–Crippen MR) is 233 cm³/mol. The summed E-state index contributed by atoms with van der Waals surface area (Å²) in [5.41, 5.74) is -10.9. The first-order valence-electron chi connectivity index (χ1n) is 20.8. The topological polar surface area (TPSA) is 269 Å². The number of unbranched alkanes of at least 4 members (excludes halogenated alkanes) is 3. The van der Waals surface area contributed by atoms with Crippen LogP contribution in [-0.4, -0.2) is 68.8 Å². The van der Waals surface area contributed by atoms with E-state index in [4.69, 9.17) is 0 Å². The maximum atomic E-state index is 12.8. The van der Waals surface area contributed by atoms with E-state index >= 15 is 0 Å². The summed E-state index contributed by atoms with van der Waals surface area (Å²) in [6, 6.07) is 2.07. The second-order valence-corrected chi connectivity index (χ2v) is 14.4. The lowest BCUT2D eigenvalue weighted by Gasteiger charge is -2.23. The molecule has 3 rings (SSSR count). The molecule has 0 fully saturated rings. The molecule has 3 aromatic rings. The van der Waals surface area contributed by atoms with Gasteiger partial charge in [-0.2, -0.15) is 39.5 Å². The van der Waals surface area contributed by atoms with Gasteiger partial charge in [0.1, 0.15) is 0 Å². The van der Waals surface area contributed by atoms with Crippen molar-refractivity contribution in [3.63, 3.8) is 0 Å². The van der Waals surface area contributed by atoms with Crippen molar-refractivity contribution in [2.24, 2.45) is 0 Å². The van der Waals surface area contributed by atoms with Crippen LogP contribution in [-0.2, 0) is 18.5 Å². The summed E-state index contributed by atoms with van der Waals surface area (Å²) in [7, 11) is 0. The highest BCUT2D eigenvalue weighted by Gasteiger charge is 2.42. The summed E-state index contributed by atoms with van der Waals surface area (Å²) in [5, 5.41) is 67.0. The smallest absolute Gasteiger partial charge is 0.361 e. The maximum Gasteiger partial charge on any atom is 0.416 e. The van der Waals surface area contributed by atoms with Gasteiger partial charge in [0.25, 0.3) is 34.1 Å². The Morgan fingerprint density at radius 3 is 0.623 bits per heavy atom. The Morgan fingerprint density at radius 2 is 0.522 bits per heavy atom. The second kappa shape index (κ2) is 25.8. The molecule has 0 bridgehead atoms. The van der Waals surface area contributed by atoms with E-state index < -0.39 is 98.9 Å². The van der Waals surface area contributed by atoms with Crippen LogP contribution < -0.4 is 14.7 Å². The second-order valence-electron chi connectivity index (χ2n) is 14.4. The zero-order valence-corrected chi connectivity index (χ0v) is 37.8. The summed E-state index contributed by atoms with van der Waals surface area (Å²) in [6.45, 7) is 11.9. The standard InChI is InChI=1S/3C13H16F3N3O4/c3*1-3-5-6-17(4-2)12-10(18(20)21)7-9(13(14,15)16)8-11(12)19(22)23/h3*7-8H,3-6H2,1-2H3. The summed E-state index contributed by atoms with van der Waals surface area (Å²) in [5.74, 6) is 0. The van der Waals surface area contributed by atoms with Crippen LogP contribution in [0.5, 0.6) is 0 Å². The van der Waals surface area contributed by atoms with Gasteiger partial charge in [0, 0.05) is 75.7 Å². The molecule has 0 atom stereocenters. The minimum absolute atomic E-state index is 0.201. The number of hydrogen-bond donors (Lipinski definition) is 0. The first-order chi connectivity index (χ1) is 31.9. The number of nitro benzene ring substituents is 6. The van der Waals surface area contributed by atoms with E-state index in [-0.39, 0.29) is 56.3 Å². The Balaban J connectivity index is 0.000000517. The monoisotopic (exact) mass is 1010 g/mol. The lowest BCUT2D eigenvalue weighted by atomic mass is 10.1. The molecule has 0 aliphatic carbocycles. The number of anilines is 3. The van der Waals surface area contributed by atoms with Gasteiger partial charge in [-0.25, -0.2) is 0 Å². The van der Waals surface area contributed by atoms with Crippen LogP contribution in [0.15, 0.2) is 36.4 Å². The molecule has 3 aromatic carbocycles. The van der Waals surface area contributed by atoms with Crippen molar-refractivity contribution in [1.82, 2.24) is 0 Å². The van der Waals surface area contributed by atoms with Crippen LogP contribution >= 0.6 is 0 Å². The van der Waals surface area contributed by atoms with Gasteiger partial charge in [0.2, 0.25) is 0 Å². The van der Waals surface area contributed by atoms with E-state index in [2.05, 4.69) is 0 Å². The van der Waals surface area contributed by atoms with Crippen molar-refractivity contribution < 1.29 is 69.1 Å². The molecule has 0 spiro atoms. The molecule has 384 valence electrons. The molecular weight excluding hydrogens is 957 g/mol. The van der Waals surface area contributed by atoms with E-state index in [9.17, 15) is 100 Å². The summed E-state index contributed by atoms with van der Waals surface area (Å²) in [4.78, 5) is 64.9. The third-order valence-corrected chi connectivity index (χ3v) is 9.81. The number of nitrogens with zero attached hydrogens (tertiary/aromatic N) is 9. The van der Waals surface area contributed by atoms with Gasteiger partial charge in [0.05, 0.1) is 46.2 Å². The van der Waals surface area contributed by atoms with E-state index in [0.29, 0.717) is 55.7 Å². The number of nitro groups is 6. The van der Waals surface area contributed by atoms with Gasteiger partial charge in [-0.05, 0) is 40.0 Å². The molecule has 0 heterocycles. The van der Waals surface area contributed by atoms with Crippen LogP contribution in [0.2, 0.25) is 0 Å². The van der Waals surface area contributed by atoms with Gasteiger partial charge in [-0.3, -0.25) is 60.7 Å². The van der Waals surface area contributed by atoms with Gasteiger partial charge in [-0.15, -0.1) is 0 Å². The fourth-order valence-corrected chi connectivity index (χ4v) is 6.44. The quantitative estimate of drug-likeness (QED) is 0.0545. The number of hydrogen-bond acceptors (Lipinski definition) is 15. The molecule has 0 aliphatic rings. The molecule has 21 nitrogen and oxygen atoms in total. The molecule has 0 aromatic heterocycles. The molecular formula is C39H48F9N9O12. The Labute approximate surface area is 386 Å². The highest BCUT2D eigenvalue weighted by atomic mass is 19.4. The first kappa shape index (κ1) is 59.8. The molecule has 0 unspecified atom stereocenters. The molecule has 0 amide bonds. The van der Waals surface area contributed by atoms with Gasteiger partial charge in [-0.1, -0.05) is 40.0 Å². The molecule has 0 N–H and O–H groups in total. The third-order valence-electron chi connectivity index (χ3n) is 9.81. The Morgan fingerprint density at radius 1 is 0.362 bits per heavy atom. The van der Waals surface area contributed by atoms with Crippen molar-refractivity contribution in [3.8, 4) is 0 Å². The zero-order chi connectivity index (χ0) is 53.4. The third kappa shape index (κ3) is 16.5. The summed E-state index contributed by atoms with van der Waals surface area (Å²) >= 11 is 0. The number of halogens is 9. The van der Waals surface area contributed by atoms with Crippen LogP contribution in [0.3, 0.4) is 0 Å². The average molecular weight is 1010 g/mol. The van der Waals surface area contributed by atoms with Crippen molar-refractivity contribution in [1.29, 1.82) is 0 Å². The largest absolute Gasteiger partial charge is 0.416 e. The SMILES string of the molecule is CCCCN(CC)c1c([N+](=O)[O-])cc(C(F)(F)F)cc1[N+](=O)[O-].CCCCN(CC)c1c([N+](=O)[O-])cc(C(F)(F)F)cc1[N+](=O)[O-].CCCCN(CC)c1c([N+](=O)[O-])cc(C(F)(F)F)cc1[N+](=O)[O-]. The molecule has 0 radical (unpaired) electrons. The van der Waals surface area contributed by atoms with Crippen molar-refractivity contribution in [2.75, 3.05) is 54.0 Å². The van der Waals surface area contributed by atoms with Crippen LogP contribution in [0.4, 0.5) is 90.7 Å². The fraction of sp³-hybridized carbons (Fsp3) is 0.538. The lowest BCUT2D eigenvalue weighted by Crippen LogP contribution is -2.26. The molecule has 30 heteroatoms. The van der Waals surface area contributed by atoms with Gasteiger partial charge < -0.3 is 14.7 Å². The van der Waals surface area contributed by atoms with E-state index in [1.54, 1.807) is 20.8 Å². The molecule has 0 saturated heterocycles. The fourth-order valence-electron chi connectivity index (χ4n) is 6.44. The molecule has 0 saturated carbocycles. The zero-order valence-electron chi connectivity index (χ0n) is 37.8. The van der Waals surface area contributed by atoms with Gasteiger partial charge in [0.15, 0.2) is 17.1 Å². The summed E-state index contributed by atoms with van der Waals surface area (Å²) in [6.07, 6.45) is -10.7. The average Bonchev–Trinajstić information content (AvgIpc) is 3.25. The van der Waals surface area contributed by atoms with Crippen LogP contribution in [0.1, 0.15) is 96.8 Å². The van der Waals surface area contributed by atoms with Crippen molar-refractivity contribution in [3.05, 3.63) is 114 Å². The van der Waals surface area contributed by atoms with E-state index in [0.717, 1.165) is 19.3 Å². The van der Waals surface area contributed by atoms with Crippen LogP contribution in [0, 0.1) is 60.7 Å². The van der Waals surface area contributed by atoms with Crippen molar-refractivity contribution >= 4 is 51.2 Å². The Kier molecular flexibility index (Phi) is 22.4. The van der Waals surface area contributed by atoms with Crippen LogP contribution in [0.25, 0.3) is 0 Å². The van der Waals surface area contributed by atoms with Crippen molar-refractivity contribution in [2.45, 2.75) is 98.6 Å². The van der Waals surface area contributed by atoms with E-state index in [1.807, 2.05) is 20.8 Å². The first-order valence-corrected chi connectivity index (χ1v) is 20.8.